The molecule has 0 unspecified atom stereocenters. The third-order valence-corrected chi connectivity index (χ3v) is 4.72. The Bertz CT molecular complexity index is 865. The number of hydrogen-bond donors (Lipinski definition) is 3. The van der Waals surface area contributed by atoms with E-state index in [0.717, 1.165) is 5.56 Å². The van der Waals surface area contributed by atoms with E-state index >= 15 is 0 Å². The fourth-order valence-electron chi connectivity index (χ4n) is 2.45. The number of aliphatic hydroxyl groups is 1. The summed E-state index contributed by atoms with van der Waals surface area (Å²) in [5.74, 6) is 5.08. The van der Waals surface area contributed by atoms with E-state index in [-0.39, 0.29) is 17.5 Å². The van der Waals surface area contributed by atoms with Gasteiger partial charge in [0, 0.05) is 23.1 Å². The molecule has 4 N–H and O–H groups in total. The number of amides is 2. The van der Waals surface area contributed by atoms with Crippen molar-refractivity contribution in [1.29, 1.82) is 0 Å². The lowest BCUT2D eigenvalue weighted by molar-refractivity contribution is -0.126. The summed E-state index contributed by atoms with van der Waals surface area (Å²) < 4.78 is 0. The van der Waals surface area contributed by atoms with Crippen molar-refractivity contribution in [3.63, 3.8) is 0 Å². The fraction of sp³-hybridized carbons (Fsp3) is 0.235. The van der Waals surface area contributed by atoms with E-state index in [1.54, 1.807) is 5.38 Å². The summed E-state index contributed by atoms with van der Waals surface area (Å²) in [6.07, 6.45) is 0.489. The summed E-state index contributed by atoms with van der Waals surface area (Å²) >= 11 is 1.19. The Hall–Kier alpha value is -2.69. The van der Waals surface area contributed by atoms with Gasteiger partial charge in [-0.15, -0.1) is 11.3 Å². The highest BCUT2D eigenvalue weighted by Crippen LogP contribution is 2.26. The molecule has 1 saturated heterocycles. The van der Waals surface area contributed by atoms with Crippen molar-refractivity contribution < 1.29 is 14.7 Å². The second kappa shape index (κ2) is 6.43. The summed E-state index contributed by atoms with van der Waals surface area (Å²) in [6, 6.07) is 7.32. The van der Waals surface area contributed by atoms with Crippen molar-refractivity contribution in [3.8, 4) is 23.1 Å². The Labute approximate surface area is 142 Å². The molecule has 2 heterocycles. The van der Waals surface area contributed by atoms with Gasteiger partial charge >= 0.3 is 0 Å². The average Bonchev–Trinajstić information content (AvgIpc) is 3.21. The number of aromatic nitrogens is 1. The highest BCUT2D eigenvalue weighted by Gasteiger charge is 2.40. The van der Waals surface area contributed by atoms with E-state index in [0.29, 0.717) is 24.2 Å². The maximum atomic E-state index is 11.9. The van der Waals surface area contributed by atoms with Gasteiger partial charge in [-0.2, -0.15) is 0 Å². The molecule has 0 aliphatic carbocycles. The number of aliphatic hydroxyl groups excluding tert-OH is 1. The van der Waals surface area contributed by atoms with E-state index < -0.39 is 11.3 Å². The predicted octanol–water partition coefficient (Wildman–Crippen LogP) is 0.759. The van der Waals surface area contributed by atoms with Gasteiger partial charge in [0.2, 0.25) is 5.91 Å². The summed E-state index contributed by atoms with van der Waals surface area (Å²) in [5.41, 5.74) is 6.34. The predicted molar refractivity (Wildman–Crippen MR) is 90.1 cm³/mol. The quantitative estimate of drug-likeness (QED) is 0.717. The fourth-order valence-corrected chi connectivity index (χ4v) is 3.13. The van der Waals surface area contributed by atoms with E-state index in [2.05, 4.69) is 22.1 Å². The average molecular weight is 341 g/mol. The third-order valence-electron chi connectivity index (χ3n) is 3.86. The van der Waals surface area contributed by atoms with E-state index in [4.69, 9.17) is 5.73 Å². The van der Waals surface area contributed by atoms with Gasteiger partial charge in [0.25, 0.3) is 5.91 Å². The van der Waals surface area contributed by atoms with Gasteiger partial charge in [-0.25, -0.2) is 4.98 Å². The number of nitrogens with one attached hydrogen (secondary N) is 1. The zero-order chi connectivity index (χ0) is 17.2. The van der Waals surface area contributed by atoms with Gasteiger partial charge in [-0.3, -0.25) is 9.59 Å². The van der Waals surface area contributed by atoms with Gasteiger partial charge < -0.3 is 16.2 Å². The maximum Gasteiger partial charge on any atom is 0.277 e. The molecule has 1 aliphatic rings. The second-order valence-corrected chi connectivity index (χ2v) is 6.34. The Morgan fingerprint density at radius 2 is 2.33 bits per heavy atom. The van der Waals surface area contributed by atoms with Crippen LogP contribution in [-0.4, -0.2) is 35.1 Å². The third kappa shape index (κ3) is 3.02. The number of carbonyl (C=O) groups is 2. The number of carbonyl (C=O) groups excluding carboxylic acids is 2. The van der Waals surface area contributed by atoms with Gasteiger partial charge in [0.05, 0.1) is 12.3 Å². The Morgan fingerprint density at radius 1 is 1.50 bits per heavy atom. The molecule has 1 fully saturated rings. The molecule has 0 saturated carbocycles. The number of nitrogens with two attached hydrogens (primary N) is 1. The van der Waals surface area contributed by atoms with Crippen molar-refractivity contribution in [3.05, 3.63) is 40.2 Å². The molecule has 2 aromatic rings. The number of primary amides is 1. The van der Waals surface area contributed by atoms with Crippen LogP contribution < -0.4 is 11.1 Å². The molecule has 122 valence electrons. The molecule has 1 aliphatic heterocycles. The molecule has 6 nitrogen and oxygen atoms in total. The summed E-state index contributed by atoms with van der Waals surface area (Å²) in [4.78, 5) is 27.2. The standard InChI is InChI=1S/C17H15N3O3S/c18-14(22)15-20-13(9-24-15)12-3-1-2-11(8-12)4-5-17(10-21)6-7-19-16(17)23/h1-3,8-9,21H,6-7,10H2,(H2,18,22)(H,19,23)/t17-/m0/s1. The normalized spacial score (nSPS) is 19.5. The molecule has 7 heteroatoms. The first-order valence-electron chi connectivity index (χ1n) is 7.32. The topological polar surface area (TPSA) is 105 Å². The molecule has 0 radical (unpaired) electrons. The van der Waals surface area contributed by atoms with Gasteiger partial charge in [-0.05, 0) is 18.6 Å². The second-order valence-electron chi connectivity index (χ2n) is 5.48. The van der Waals surface area contributed by atoms with Crippen molar-refractivity contribution in [2.45, 2.75) is 6.42 Å². The Morgan fingerprint density at radius 3 is 2.96 bits per heavy atom. The number of thiazole rings is 1. The van der Waals surface area contributed by atoms with Crippen LogP contribution in [0.1, 0.15) is 21.8 Å². The number of benzene rings is 1. The molecule has 3 rings (SSSR count). The minimum Gasteiger partial charge on any atom is -0.394 e. The smallest absolute Gasteiger partial charge is 0.277 e. The van der Waals surface area contributed by atoms with Crippen molar-refractivity contribution in [2.75, 3.05) is 13.2 Å². The molecule has 2 amide bonds. The first-order chi connectivity index (χ1) is 11.5. The molecule has 0 spiro atoms. The van der Waals surface area contributed by atoms with Crippen LogP contribution in [0, 0.1) is 17.3 Å². The van der Waals surface area contributed by atoms with Crippen LogP contribution in [0.3, 0.4) is 0 Å². The van der Waals surface area contributed by atoms with Crippen LogP contribution >= 0.6 is 11.3 Å². The summed E-state index contributed by atoms with van der Waals surface area (Å²) in [5, 5.41) is 14.2. The number of rotatable bonds is 3. The monoisotopic (exact) mass is 341 g/mol. The first kappa shape index (κ1) is 16.2. The molecule has 24 heavy (non-hydrogen) atoms. The Balaban J connectivity index is 1.90. The van der Waals surface area contributed by atoms with Gasteiger partial charge in [0.15, 0.2) is 5.01 Å². The van der Waals surface area contributed by atoms with Gasteiger partial charge in [-0.1, -0.05) is 24.0 Å². The van der Waals surface area contributed by atoms with E-state index in [1.807, 2.05) is 24.3 Å². The van der Waals surface area contributed by atoms with Gasteiger partial charge in [0.1, 0.15) is 5.41 Å². The zero-order valence-corrected chi connectivity index (χ0v) is 13.5. The van der Waals surface area contributed by atoms with Crippen LogP contribution in [0.15, 0.2) is 29.6 Å². The van der Waals surface area contributed by atoms with Crippen molar-refractivity contribution in [1.82, 2.24) is 10.3 Å². The first-order valence-corrected chi connectivity index (χ1v) is 8.20. The van der Waals surface area contributed by atoms with Crippen LogP contribution in [0.5, 0.6) is 0 Å². The highest BCUT2D eigenvalue weighted by molar-refractivity contribution is 7.12. The van der Waals surface area contributed by atoms with Crippen LogP contribution in [0.4, 0.5) is 0 Å². The molecular formula is C17H15N3O3S. The van der Waals surface area contributed by atoms with E-state index in [1.165, 1.54) is 11.3 Å². The lowest BCUT2D eigenvalue weighted by atomic mass is 9.88. The minimum absolute atomic E-state index is 0.237. The van der Waals surface area contributed by atoms with E-state index in [9.17, 15) is 14.7 Å². The maximum absolute atomic E-state index is 11.9. The summed E-state index contributed by atoms with van der Waals surface area (Å²) in [7, 11) is 0. The summed E-state index contributed by atoms with van der Waals surface area (Å²) in [6.45, 7) is 0.211. The molecular weight excluding hydrogens is 326 g/mol. The van der Waals surface area contributed by atoms with Crippen LogP contribution in [-0.2, 0) is 4.79 Å². The molecule has 0 bridgehead atoms. The van der Waals surface area contributed by atoms with Crippen LogP contribution in [0.2, 0.25) is 0 Å². The van der Waals surface area contributed by atoms with Crippen molar-refractivity contribution >= 4 is 23.2 Å². The SMILES string of the molecule is NC(=O)c1nc(-c2cccc(C#C[C@@]3(CO)CCNC3=O)c2)cs1. The van der Waals surface area contributed by atoms with Crippen LogP contribution in [0.25, 0.3) is 11.3 Å². The number of nitrogens with zero attached hydrogens (tertiary/aromatic N) is 1. The lowest BCUT2D eigenvalue weighted by Gasteiger charge is -2.15. The Kier molecular flexibility index (Phi) is 4.34. The molecule has 1 aromatic heterocycles. The lowest BCUT2D eigenvalue weighted by Crippen LogP contribution is -2.33. The zero-order valence-electron chi connectivity index (χ0n) is 12.7. The molecule has 1 atom stereocenters. The minimum atomic E-state index is -1.03. The van der Waals surface area contributed by atoms with Crippen molar-refractivity contribution in [2.24, 2.45) is 11.1 Å². The number of hydrogen-bond acceptors (Lipinski definition) is 5. The molecule has 1 aromatic carbocycles. The largest absolute Gasteiger partial charge is 0.394 e. The highest BCUT2D eigenvalue weighted by atomic mass is 32.1.